The normalized spacial score (nSPS) is 14.6. The predicted octanol–water partition coefficient (Wildman–Crippen LogP) is 4.27. The van der Waals surface area contributed by atoms with Crippen molar-refractivity contribution in [2.24, 2.45) is 0 Å². The molecule has 10 heteroatoms. The van der Waals surface area contributed by atoms with Crippen LogP contribution in [-0.2, 0) is 28.0 Å². The van der Waals surface area contributed by atoms with Crippen LogP contribution in [0.15, 0.2) is 50.7 Å². The van der Waals surface area contributed by atoms with Crippen LogP contribution < -0.4 is 16.0 Å². The monoisotopic (exact) mass is 523 g/mol. The molecule has 0 aliphatic heterocycles. The standard InChI is InChI=1S/C27H29N3O6S/c1-16-19-22(31)30(27(11-12-27)24(32)36-26(2,3)4)25(33)29(14-10-17-8-6-7-9-18(17)34-5)23(19)37-20(16)21-28-13-15-35-21/h6-9,13,15H,10-12,14H2,1-5H3. The average molecular weight is 524 g/mol. The van der Waals surface area contributed by atoms with Crippen LogP contribution in [0.3, 0.4) is 0 Å². The van der Waals surface area contributed by atoms with Gasteiger partial charge in [0.15, 0.2) is 5.54 Å². The Bertz CT molecular complexity index is 1600. The zero-order valence-corrected chi connectivity index (χ0v) is 22.3. The average Bonchev–Trinajstić information content (AvgIpc) is 3.30. The number of rotatable bonds is 7. The second kappa shape index (κ2) is 9.02. The van der Waals surface area contributed by atoms with E-state index in [4.69, 9.17) is 13.9 Å². The summed E-state index contributed by atoms with van der Waals surface area (Å²) >= 11 is 1.29. The van der Waals surface area contributed by atoms with E-state index in [0.29, 0.717) is 45.8 Å². The highest BCUT2D eigenvalue weighted by atomic mass is 32.1. The van der Waals surface area contributed by atoms with Crippen LogP contribution in [0.1, 0.15) is 44.7 Å². The molecule has 194 valence electrons. The van der Waals surface area contributed by atoms with Gasteiger partial charge in [0.25, 0.3) is 5.56 Å². The molecule has 1 fully saturated rings. The van der Waals surface area contributed by atoms with Crippen molar-refractivity contribution in [2.45, 2.75) is 64.6 Å². The van der Waals surface area contributed by atoms with Crippen LogP contribution in [-0.4, -0.2) is 32.8 Å². The van der Waals surface area contributed by atoms with Crippen molar-refractivity contribution in [3.05, 3.63) is 68.7 Å². The van der Waals surface area contributed by atoms with Gasteiger partial charge in [0, 0.05) is 6.54 Å². The highest BCUT2D eigenvalue weighted by Crippen LogP contribution is 2.44. The summed E-state index contributed by atoms with van der Waals surface area (Å²) in [6.45, 7) is 7.40. The third-order valence-corrected chi connectivity index (χ3v) is 7.87. The molecule has 1 aliphatic rings. The molecular formula is C27H29N3O6S. The number of hydrogen-bond donors (Lipinski definition) is 0. The summed E-state index contributed by atoms with van der Waals surface area (Å²) in [5.41, 5.74) is -1.50. The van der Waals surface area contributed by atoms with Crippen molar-refractivity contribution in [2.75, 3.05) is 7.11 Å². The van der Waals surface area contributed by atoms with Gasteiger partial charge in [-0.1, -0.05) is 18.2 Å². The lowest BCUT2D eigenvalue weighted by atomic mass is 10.1. The van der Waals surface area contributed by atoms with Gasteiger partial charge in [-0.3, -0.25) is 9.36 Å². The van der Waals surface area contributed by atoms with Crippen LogP contribution in [0.2, 0.25) is 0 Å². The Morgan fingerprint density at radius 2 is 1.95 bits per heavy atom. The summed E-state index contributed by atoms with van der Waals surface area (Å²) in [6, 6.07) is 7.61. The second-order valence-corrected chi connectivity index (χ2v) is 11.2. The van der Waals surface area contributed by atoms with Crippen LogP contribution in [0, 0.1) is 6.92 Å². The number of para-hydroxylation sites is 1. The molecule has 9 nitrogen and oxygen atoms in total. The topological polar surface area (TPSA) is 106 Å². The molecular weight excluding hydrogens is 494 g/mol. The van der Waals surface area contributed by atoms with Crippen molar-refractivity contribution >= 4 is 27.5 Å². The van der Waals surface area contributed by atoms with Gasteiger partial charge in [-0.2, -0.15) is 0 Å². The van der Waals surface area contributed by atoms with Gasteiger partial charge in [0.2, 0.25) is 5.89 Å². The second-order valence-electron chi connectivity index (χ2n) is 10.2. The van der Waals surface area contributed by atoms with E-state index in [2.05, 4.69) is 4.98 Å². The molecule has 3 aromatic heterocycles. The van der Waals surface area contributed by atoms with Crippen molar-refractivity contribution in [1.29, 1.82) is 0 Å². The number of hydrogen-bond acceptors (Lipinski definition) is 8. The number of methoxy groups -OCH3 is 1. The zero-order valence-electron chi connectivity index (χ0n) is 21.5. The van der Waals surface area contributed by atoms with Crippen molar-refractivity contribution in [1.82, 2.24) is 14.1 Å². The van der Waals surface area contributed by atoms with E-state index in [1.807, 2.05) is 31.2 Å². The highest BCUT2D eigenvalue weighted by Gasteiger charge is 2.56. The van der Waals surface area contributed by atoms with E-state index >= 15 is 0 Å². The number of oxazole rings is 1. The summed E-state index contributed by atoms with van der Waals surface area (Å²) in [6.07, 6.45) is 4.22. The van der Waals surface area contributed by atoms with Crippen LogP contribution >= 0.6 is 11.3 Å². The Morgan fingerprint density at radius 1 is 1.22 bits per heavy atom. The van der Waals surface area contributed by atoms with Crippen LogP contribution in [0.25, 0.3) is 21.0 Å². The molecule has 0 radical (unpaired) electrons. The third kappa shape index (κ3) is 4.29. The molecule has 0 amide bonds. The Labute approximate surface area is 217 Å². The molecule has 1 aliphatic carbocycles. The first-order chi connectivity index (χ1) is 17.6. The smallest absolute Gasteiger partial charge is 0.333 e. The lowest BCUT2D eigenvalue weighted by molar-refractivity contribution is -0.161. The SMILES string of the molecule is COc1ccccc1CCn1c(=O)n(C2(C(=O)OC(C)(C)C)CC2)c(=O)c2c(C)c(-c3ncco3)sc21. The maximum atomic E-state index is 14.0. The van der Waals surface area contributed by atoms with Crippen molar-refractivity contribution < 1.29 is 18.7 Å². The lowest BCUT2D eigenvalue weighted by Crippen LogP contribution is -2.50. The first-order valence-electron chi connectivity index (χ1n) is 12.1. The molecule has 3 heterocycles. The number of thiophene rings is 1. The number of aryl methyl sites for hydroxylation is 3. The highest BCUT2D eigenvalue weighted by molar-refractivity contribution is 7.22. The summed E-state index contributed by atoms with van der Waals surface area (Å²) < 4.78 is 19.3. The number of benzene rings is 1. The van der Waals surface area contributed by atoms with Crippen molar-refractivity contribution in [3.63, 3.8) is 0 Å². The molecule has 4 aromatic rings. The first kappa shape index (κ1) is 25.0. The van der Waals surface area contributed by atoms with Crippen molar-refractivity contribution in [3.8, 4) is 16.5 Å². The largest absolute Gasteiger partial charge is 0.496 e. The third-order valence-electron chi connectivity index (χ3n) is 6.57. The van der Waals surface area contributed by atoms with E-state index in [9.17, 15) is 14.4 Å². The molecule has 37 heavy (non-hydrogen) atoms. The van der Waals surface area contributed by atoms with Gasteiger partial charge < -0.3 is 13.9 Å². The Kier molecular flexibility index (Phi) is 6.10. The van der Waals surface area contributed by atoms with E-state index in [-0.39, 0.29) is 6.54 Å². The molecule has 0 spiro atoms. The van der Waals surface area contributed by atoms with Crippen LogP contribution in [0.4, 0.5) is 0 Å². The number of fused-ring (bicyclic) bond motifs is 1. The van der Waals surface area contributed by atoms with Gasteiger partial charge in [0.1, 0.15) is 22.4 Å². The fourth-order valence-corrected chi connectivity index (χ4v) is 5.87. The van der Waals surface area contributed by atoms with E-state index < -0.39 is 28.4 Å². The minimum Gasteiger partial charge on any atom is -0.496 e. The number of aromatic nitrogens is 3. The summed E-state index contributed by atoms with van der Waals surface area (Å²) in [5.74, 6) is 0.535. The van der Waals surface area contributed by atoms with Gasteiger partial charge in [0.05, 0.1) is 23.6 Å². The van der Waals surface area contributed by atoms with E-state index in [0.717, 1.165) is 15.9 Å². The van der Waals surface area contributed by atoms with E-state index in [1.165, 1.54) is 23.8 Å². The zero-order chi connectivity index (χ0) is 26.5. The number of nitrogens with zero attached hydrogens (tertiary/aromatic N) is 3. The maximum Gasteiger partial charge on any atom is 0.333 e. The van der Waals surface area contributed by atoms with Gasteiger partial charge >= 0.3 is 11.7 Å². The molecule has 0 N–H and O–H groups in total. The molecule has 0 atom stereocenters. The number of carbonyl (C=O) groups is 1. The van der Waals surface area contributed by atoms with E-state index in [1.54, 1.807) is 32.4 Å². The quantitative estimate of drug-likeness (QED) is 0.333. The Morgan fingerprint density at radius 3 is 2.57 bits per heavy atom. The predicted molar refractivity (Wildman–Crippen MR) is 140 cm³/mol. The fraction of sp³-hybridized carbons (Fsp3) is 0.407. The van der Waals surface area contributed by atoms with Crippen LogP contribution in [0.5, 0.6) is 5.75 Å². The minimum atomic E-state index is -1.31. The molecule has 0 saturated heterocycles. The lowest BCUT2D eigenvalue weighted by Gasteiger charge is -2.25. The molecule has 1 saturated carbocycles. The summed E-state index contributed by atoms with van der Waals surface area (Å²) in [5, 5.41) is 0.382. The fourth-order valence-electron chi connectivity index (χ4n) is 4.61. The number of esters is 1. The molecule has 5 rings (SSSR count). The minimum absolute atomic E-state index is 0.283. The Hall–Kier alpha value is -3.66. The molecule has 1 aromatic carbocycles. The van der Waals surface area contributed by atoms with Gasteiger partial charge in [-0.05, 0) is 64.2 Å². The Balaban J connectivity index is 1.72. The number of ether oxygens (including phenoxy) is 2. The van der Waals surface area contributed by atoms with Gasteiger partial charge in [-0.25, -0.2) is 19.1 Å². The number of carbonyl (C=O) groups excluding carboxylic acids is 1. The van der Waals surface area contributed by atoms with Gasteiger partial charge in [-0.15, -0.1) is 11.3 Å². The maximum absolute atomic E-state index is 14.0. The molecule has 0 unspecified atom stereocenters. The summed E-state index contributed by atoms with van der Waals surface area (Å²) in [4.78, 5) is 46.6. The summed E-state index contributed by atoms with van der Waals surface area (Å²) in [7, 11) is 1.60. The first-order valence-corrected chi connectivity index (χ1v) is 12.9. The molecule has 0 bridgehead atoms.